The van der Waals surface area contributed by atoms with Crippen molar-refractivity contribution in [3.05, 3.63) is 59.2 Å². The maximum atomic E-state index is 5.60. The molecule has 2 N–H and O–H groups in total. The van der Waals surface area contributed by atoms with Crippen LogP contribution in [-0.4, -0.2) is 57.8 Å². The second-order valence-corrected chi connectivity index (χ2v) is 8.74. The molecule has 0 bridgehead atoms. The maximum Gasteiger partial charge on any atom is 0.190 e. The van der Waals surface area contributed by atoms with Crippen LogP contribution in [0.1, 0.15) is 29.5 Å². The first-order valence-electron chi connectivity index (χ1n) is 11.8. The van der Waals surface area contributed by atoms with E-state index < -0.39 is 0 Å². The van der Waals surface area contributed by atoms with Crippen LogP contribution in [-0.2, 0) is 19.4 Å². The van der Waals surface area contributed by atoms with E-state index in [9.17, 15) is 0 Å². The van der Waals surface area contributed by atoms with E-state index in [2.05, 4.69) is 50.9 Å². The van der Waals surface area contributed by atoms with Gasteiger partial charge in [-0.05, 0) is 73.2 Å². The van der Waals surface area contributed by atoms with Crippen molar-refractivity contribution < 1.29 is 9.47 Å². The van der Waals surface area contributed by atoms with E-state index in [1.54, 1.807) is 7.11 Å². The Labute approximate surface area is 215 Å². The number of halogens is 1. The number of benzene rings is 2. The molecule has 33 heavy (non-hydrogen) atoms. The monoisotopic (exact) mass is 564 g/mol. The summed E-state index contributed by atoms with van der Waals surface area (Å²) in [6.07, 6.45) is 4.45. The predicted octanol–water partition coefficient (Wildman–Crippen LogP) is 3.87. The number of rotatable bonds is 8. The first-order valence-corrected chi connectivity index (χ1v) is 11.8. The fraction of sp³-hybridized carbons (Fsp3) is 0.500. The summed E-state index contributed by atoms with van der Waals surface area (Å²) in [5.74, 6) is 3.56. The number of methoxy groups -OCH3 is 1. The van der Waals surface area contributed by atoms with Gasteiger partial charge in [0.15, 0.2) is 5.96 Å². The lowest BCUT2D eigenvalue weighted by atomic mass is 9.96. The number of hydrogen-bond donors (Lipinski definition) is 2. The summed E-state index contributed by atoms with van der Waals surface area (Å²) in [6, 6.07) is 15.0. The van der Waals surface area contributed by atoms with Crippen molar-refractivity contribution in [3.63, 3.8) is 0 Å². The van der Waals surface area contributed by atoms with Crippen LogP contribution in [0.5, 0.6) is 11.5 Å². The average Bonchev–Trinajstić information content (AvgIpc) is 3.31. The van der Waals surface area contributed by atoms with Gasteiger partial charge in [-0.15, -0.1) is 24.0 Å². The van der Waals surface area contributed by atoms with Crippen LogP contribution >= 0.6 is 24.0 Å². The molecule has 2 aromatic rings. The summed E-state index contributed by atoms with van der Waals surface area (Å²) in [7, 11) is 3.56. The number of guanidine groups is 1. The molecule has 180 valence electrons. The molecule has 0 aliphatic carbocycles. The lowest BCUT2D eigenvalue weighted by Gasteiger charge is -2.32. The van der Waals surface area contributed by atoms with E-state index in [-0.39, 0.29) is 24.0 Å². The van der Waals surface area contributed by atoms with Crippen molar-refractivity contribution in [2.24, 2.45) is 10.9 Å². The minimum Gasteiger partial charge on any atom is -0.497 e. The molecule has 1 fully saturated rings. The normalized spacial score (nSPS) is 16.5. The minimum absolute atomic E-state index is 0. The third-order valence-corrected chi connectivity index (χ3v) is 6.51. The quantitative estimate of drug-likeness (QED) is 0.290. The molecule has 0 saturated carbocycles. The van der Waals surface area contributed by atoms with Crippen molar-refractivity contribution in [1.29, 1.82) is 0 Å². The van der Waals surface area contributed by atoms with Gasteiger partial charge in [-0.2, -0.15) is 0 Å². The molecular formula is C26H37IN4O2. The van der Waals surface area contributed by atoms with Crippen LogP contribution in [0.4, 0.5) is 0 Å². The van der Waals surface area contributed by atoms with Crippen LogP contribution in [0.2, 0.25) is 0 Å². The molecule has 0 amide bonds. The first-order chi connectivity index (χ1) is 15.7. The van der Waals surface area contributed by atoms with Gasteiger partial charge in [0.05, 0.1) is 13.7 Å². The predicted molar refractivity (Wildman–Crippen MR) is 145 cm³/mol. The highest BCUT2D eigenvalue weighted by molar-refractivity contribution is 14.0. The topological polar surface area (TPSA) is 58.1 Å². The summed E-state index contributed by atoms with van der Waals surface area (Å²) in [4.78, 5) is 6.95. The number of nitrogens with zero attached hydrogens (tertiary/aromatic N) is 2. The highest BCUT2D eigenvalue weighted by Crippen LogP contribution is 2.26. The molecule has 2 heterocycles. The summed E-state index contributed by atoms with van der Waals surface area (Å²) in [5, 5.41) is 6.99. The lowest BCUT2D eigenvalue weighted by molar-refractivity contribution is 0.178. The Kier molecular flexibility index (Phi) is 10.1. The number of piperidine rings is 1. The first kappa shape index (κ1) is 25.6. The summed E-state index contributed by atoms with van der Waals surface area (Å²) >= 11 is 0. The van der Waals surface area contributed by atoms with Gasteiger partial charge in [-0.25, -0.2) is 0 Å². The van der Waals surface area contributed by atoms with Gasteiger partial charge in [0.1, 0.15) is 11.5 Å². The largest absolute Gasteiger partial charge is 0.497 e. The molecule has 0 spiro atoms. The van der Waals surface area contributed by atoms with Crippen molar-refractivity contribution >= 4 is 29.9 Å². The van der Waals surface area contributed by atoms with Gasteiger partial charge in [-0.1, -0.05) is 24.3 Å². The van der Waals surface area contributed by atoms with Crippen LogP contribution < -0.4 is 20.1 Å². The Morgan fingerprint density at radius 2 is 1.85 bits per heavy atom. The lowest BCUT2D eigenvalue weighted by Crippen LogP contribution is -2.43. The fourth-order valence-electron chi connectivity index (χ4n) is 4.52. The van der Waals surface area contributed by atoms with Crippen LogP contribution in [0.15, 0.2) is 47.5 Å². The van der Waals surface area contributed by atoms with Gasteiger partial charge >= 0.3 is 0 Å². The fourth-order valence-corrected chi connectivity index (χ4v) is 4.52. The van der Waals surface area contributed by atoms with Gasteiger partial charge in [0, 0.05) is 33.1 Å². The molecule has 4 rings (SSSR count). The molecule has 6 nitrogen and oxygen atoms in total. The van der Waals surface area contributed by atoms with Gasteiger partial charge in [-0.3, -0.25) is 9.89 Å². The minimum atomic E-state index is 0. The smallest absolute Gasteiger partial charge is 0.190 e. The third-order valence-electron chi connectivity index (χ3n) is 6.51. The third kappa shape index (κ3) is 7.50. The zero-order valence-electron chi connectivity index (χ0n) is 19.8. The average molecular weight is 565 g/mol. The van der Waals surface area contributed by atoms with Crippen LogP contribution in [0, 0.1) is 5.92 Å². The van der Waals surface area contributed by atoms with E-state index >= 15 is 0 Å². The van der Waals surface area contributed by atoms with Crippen molar-refractivity contribution in [1.82, 2.24) is 15.5 Å². The van der Waals surface area contributed by atoms with Gasteiger partial charge in [0.2, 0.25) is 0 Å². The second kappa shape index (κ2) is 13.0. The standard InChI is InChI=1S/C26H36N4O2.HI/c1-27-26(28-13-9-20-5-8-25-23(17-20)12-16-32-25)29-18-21-10-14-30(15-11-21)19-22-3-6-24(31-2)7-4-22;/h3-8,17,21H,9-16,18-19H2,1-2H3,(H2,27,28,29);1H. The second-order valence-electron chi connectivity index (χ2n) is 8.74. The number of fused-ring (bicyclic) bond motifs is 1. The summed E-state index contributed by atoms with van der Waals surface area (Å²) in [5.41, 5.74) is 4.03. The molecule has 2 aliphatic rings. The van der Waals surface area contributed by atoms with E-state index in [0.717, 1.165) is 69.6 Å². The summed E-state index contributed by atoms with van der Waals surface area (Å²) in [6.45, 7) is 5.97. The Morgan fingerprint density at radius 1 is 1.09 bits per heavy atom. The van der Waals surface area contributed by atoms with Gasteiger partial charge < -0.3 is 20.1 Å². The molecule has 0 radical (unpaired) electrons. The highest BCUT2D eigenvalue weighted by Gasteiger charge is 2.19. The molecule has 2 aliphatic heterocycles. The Hall–Kier alpha value is -2.00. The Bertz CT molecular complexity index is 896. The molecule has 1 saturated heterocycles. The molecular weight excluding hydrogens is 527 g/mol. The number of ether oxygens (including phenoxy) is 2. The van der Waals surface area contributed by atoms with Crippen LogP contribution in [0.3, 0.4) is 0 Å². The van der Waals surface area contributed by atoms with E-state index in [1.165, 1.54) is 29.5 Å². The number of hydrogen-bond acceptors (Lipinski definition) is 4. The molecule has 0 aromatic heterocycles. The molecule has 7 heteroatoms. The van der Waals surface area contributed by atoms with Crippen molar-refractivity contribution in [2.45, 2.75) is 32.2 Å². The van der Waals surface area contributed by atoms with Crippen molar-refractivity contribution in [2.75, 3.05) is 46.9 Å². The van der Waals surface area contributed by atoms with E-state index in [0.29, 0.717) is 5.92 Å². The van der Waals surface area contributed by atoms with E-state index in [4.69, 9.17) is 9.47 Å². The number of nitrogens with one attached hydrogen (secondary N) is 2. The van der Waals surface area contributed by atoms with Crippen molar-refractivity contribution in [3.8, 4) is 11.5 Å². The Balaban J connectivity index is 0.00000306. The summed E-state index contributed by atoms with van der Waals surface area (Å²) < 4.78 is 10.8. The SMILES string of the molecule is CN=C(NCCc1ccc2c(c1)CCO2)NCC1CCN(Cc2ccc(OC)cc2)CC1.I. The number of aliphatic imine (C=N–C) groups is 1. The van der Waals surface area contributed by atoms with E-state index in [1.807, 2.05) is 19.2 Å². The zero-order valence-corrected chi connectivity index (χ0v) is 22.1. The maximum absolute atomic E-state index is 5.60. The van der Waals surface area contributed by atoms with Crippen LogP contribution in [0.25, 0.3) is 0 Å². The molecule has 0 atom stereocenters. The molecule has 2 aromatic carbocycles. The highest BCUT2D eigenvalue weighted by atomic mass is 127. The molecule has 0 unspecified atom stereocenters. The Morgan fingerprint density at radius 3 is 2.58 bits per heavy atom. The zero-order chi connectivity index (χ0) is 22.2. The number of likely N-dealkylation sites (tertiary alicyclic amines) is 1. The van der Waals surface area contributed by atoms with Gasteiger partial charge in [0.25, 0.3) is 0 Å².